The van der Waals surface area contributed by atoms with Crippen LogP contribution in [0.3, 0.4) is 0 Å². The van der Waals surface area contributed by atoms with Crippen LogP contribution in [-0.4, -0.2) is 36.9 Å². The van der Waals surface area contributed by atoms with Crippen LogP contribution in [-0.2, 0) is 10.0 Å². The first-order valence-electron chi connectivity index (χ1n) is 7.08. The van der Waals surface area contributed by atoms with Crippen LogP contribution < -0.4 is 0 Å². The molecule has 1 heterocycles. The van der Waals surface area contributed by atoms with Gasteiger partial charge in [0.15, 0.2) is 0 Å². The molecule has 21 heavy (non-hydrogen) atoms. The summed E-state index contributed by atoms with van der Waals surface area (Å²) in [6.07, 6.45) is 1.87. The van der Waals surface area contributed by atoms with Gasteiger partial charge in [0.05, 0.1) is 10.5 Å². The molecule has 1 unspecified atom stereocenters. The molecule has 5 nitrogen and oxygen atoms in total. The minimum atomic E-state index is -3.63. The molecule has 1 atom stereocenters. The van der Waals surface area contributed by atoms with Gasteiger partial charge < -0.3 is 5.11 Å². The Morgan fingerprint density at radius 3 is 2.52 bits per heavy atom. The lowest BCUT2D eigenvalue weighted by molar-refractivity contribution is 0.0696. The van der Waals surface area contributed by atoms with E-state index in [-0.39, 0.29) is 10.5 Å². The highest BCUT2D eigenvalue weighted by Crippen LogP contribution is 2.27. The van der Waals surface area contributed by atoms with Crippen LogP contribution in [0, 0.1) is 19.8 Å². The summed E-state index contributed by atoms with van der Waals surface area (Å²) in [6, 6.07) is 2.92. The minimum Gasteiger partial charge on any atom is -0.478 e. The van der Waals surface area contributed by atoms with E-state index >= 15 is 0 Å². The van der Waals surface area contributed by atoms with Crippen molar-refractivity contribution in [2.45, 2.75) is 38.5 Å². The second kappa shape index (κ2) is 5.77. The summed E-state index contributed by atoms with van der Waals surface area (Å²) in [5.74, 6) is -0.769. The van der Waals surface area contributed by atoms with E-state index in [1.165, 1.54) is 10.4 Å². The number of carboxylic acids is 1. The Hall–Kier alpha value is -1.40. The van der Waals surface area contributed by atoms with E-state index in [0.717, 1.165) is 12.8 Å². The average Bonchev–Trinajstić information content (AvgIpc) is 2.37. The van der Waals surface area contributed by atoms with E-state index in [1.807, 2.05) is 6.92 Å². The van der Waals surface area contributed by atoms with Crippen molar-refractivity contribution in [1.82, 2.24) is 4.31 Å². The van der Waals surface area contributed by atoms with Gasteiger partial charge in [0.25, 0.3) is 0 Å². The maximum Gasteiger partial charge on any atom is 0.335 e. The van der Waals surface area contributed by atoms with Crippen LogP contribution in [0.15, 0.2) is 17.0 Å². The van der Waals surface area contributed by atoms with Gasteiger partial charge in [-0.3, -0.25) is 0 Å². The van der Waals surface area contributed by atoms with E-state index in [9.17, 15) is 18.3 Å². The van der Waals surface area contributed by atoms with Crippen LogP contribution in [0.2, 0.25) is 0 Å². The van der Waals surface area contributed by atoms with Crippen molar-refractivity contribution in [1.29, 1.82) is 0 Å². The fraction of sp³-hybridized carbons (Fsp3) is 0.533. The smallest absolute Gasteiger partial charge is 0.335 e. The van der Waals surface area contributed by atoms with E-state index in [0.29, 0.717) is 30.1 Å². The van der Waals surface area contributed by atoms with Gasteiger partial charge in [-0.25, -0.2) is 13.2 Å². The number of hydrogen-bond donors (Lipinski definition) is 1. The summed E-state index contributed by atoms with van der Waals surface area (Å²) >= 11 is 0. The summed E-state index contributed by atoms with van der Waals surface area (Å²) in [5, 5.41) is 9.19. The predicted molar refractivity (Wildman–Crippen MR) is 80.0 cm³/mol. The van der Waals surface area contributed by atoms with Gasteiger partial charge in [-0.2, -0.15) is 4.31 Å². The number of hydrogen-bond acceptors (Lipinski definition) is 3. The molecule has 1 aromatic rings. The highest BCUT2D eigenvalue weighted by molar-refractivity contribution is 7.89. The SMILES string of the molecule is Cc1cc(C)c(S(=O)(=O)N2CCCC(C)C2)cc1C(=O)O. The second-order valence-electron chi connectivity index (χ2n) is 5.85. The average molecular weight is 311 g/mol. The van der Waals surface area contributed by atoms with Gasteiger partial charge in [0, 0.05) is 13.1 Å². The molecule has 0 aromatic heterocycles. The second-order valence-corrected chi connectivity index (χ2v) is 7.75. The Bertz CT molecular complexity index is 666. The van der Waals surface area contributed by atoms with E-state index in [2.05, 4.69) is 0 Å². The number of sulfonamides is 1. The summed E-state index contributed by atoms with van der Waals surface area (Å²) in [5.41, 5.74) is 1.21. The lowest BCUT2D eigenvalue weighted by Crippen LogP contribution is -2.39. The molecule has 0 spiro atoms. The van der Waals surface area contributed by atoms with Crippen molar-refractivity contribution in [2.75, 3.05) is 13.1 Å². The highest BCUT2D eigenvalue weighted by atomic mass is 32.2. The number of rotatable bonds is 3. The first-order valence-corrected chi connectivity index (χ1v) is 8.52. The molecule has 0 amide bonds. The van der Waals surface area contributed by atoms with Gasteiger partial charge in [0.1, 0.15) is 0 Å². The third-order valence-electron chi connectivity index (χ3n) is 3.99. The van der Waals surface area contributed by atoms with Gasteiger partial charge >= 0.3 is 5.97 Å². The molecular weight excluding hydrogens is 290 g/mol. The quantitative estimate of drug-likeness (QED) is 0.930. The zero-order valence-electron chi connectivity index (χ0n) is 12.6. The molecule has 1 saturated heterocycles. The van der Waals surface area contributed by atoms with Crippen LogP contribution in [0.5, 0.6) is 0 Å². The number of aryl methyl sites for hydroxylation is 2. The third-order valence-corrected chi connectivity index (χ3v) is 6.00. The molecule has 0 saturated carbocycles. The number of benzene rings is 1. The first kappa shape index (κ1) is 16.0. The number of aromatic carboxylic acids is 1. The molecule has 1 fully saturated rings. The summed E-state index contributed by atoms with van der Waals surface area (Å²) < 4.78 is 27.0. The number of carbonyl (C=O) groups is 1. The fourth-order valence-electron chi connectivity index (χ4n) is 2.84. The molecule has 116 valence electrons. The van der Waals surface area contributed by atoms with E-state index in [4.69, 9.17) is 0 Å². The Morgan fingerprint density at radius 1 is 1.29 bits per heavy atom. The van der Waals surface area contributed by atoms with Crippen molar-refractivity contribution in [3.05, 3.63) is 28.8 Å². The molecule has 2 rings (SSSR count). The monoisotopic (exact) mass is 311 g/mol. The van der Waals surface area contributed by atoms with Crippen molar-refractivity contribution in [3.8, 4) is 0 Å². The lowest BCUT2D eigenvalue weighted by Gasteiger charge is -2.30. The molecule has 0 aliphatic carbocycles. The molecule has 0 bridgehead atoms. The molecule has 1 aromatic carbocycles. The Balaban J connectivity index is 2.49. The number of carboxylic acid groups (broad SMARTS) is 1. The first-order chi connectivity index (χ1) is 9.73. The Labute approximate surface area is 125 Å². The van der Waals surface area contributed by atoms with Crippen molar-refractivity contribution in [2.24, 2.45) is 5.92 Å². The summed E-state index contributed by atoms with van der Waals surface area (Å²) in [6.45, 7) is 6.42. The van der Waals surface area contributed by atoms with Crippen LogP contribution >= 0.6 is 0 Å². The maximum absolute atomic E-state index is 12.8. The zero-order valence-corrected chi connectivity index (χ0v) is 13.4. The van der Waals surface area contributed by atoms with Gasteiger partial charge in [-0.05, 0) is 49.8 Å². The Kier molecular flexibility index (Phi) is 4.39. The topological polar surface area (TPSA) is 74.7 Å². The predicted octanol–water partition coefficient (Wildman–Crippen LogP) is 2.42. The van der Waals surface area contributed by atoms with Gasteiger partial charge in [-0.1, -0.05) is 13.0 Å². The van der Waals surface area contributed by atoms with Crippen LogP contribution in [0.25, 0.3) is 0 Å². The zero-order chi connectivity index (χ0) is 15.8. The van der Waals surface area contributed by atoms with E-state index in [1.54, 1.807) is 19.9 Å². The largest absolute Gasteiger partial charge is 0.478 e. The van der Waals surface area contributed by atoms with Gasteiger partial charge in [-0.15, -0.1) is 0 Å². The summed E-state index contributed by atoms with van der Waals surface area (Å²) in [4.78, 5) is 11.3. The van der Waals surface area contributed by atoms with Crippen molar-refractivity contribution < 1.29 is 18.3 Å². The standard InChI is InChI=1S/C15H21NO4S/c1-10-5-4-6-16(9-10)21(19,20)14-8-13(15(17)18)11(2)7-12(14)3/h7-8,10H,4-6,9H2,1-3H3,(H,17,18). The minimum absolute atomic E-state index is 0.0456. The normalized spacial score (nSPS) is 20.4. The summed E-state index contributed by atoms with van der Waals surface area (Å²) in [7, 11) is -3.63. The molecule has 0 radical (unpaired) electrons. The molecule has 1 N–H and O–H groups in total. The van der Waals surface area contributed by atoms with Crippen molar-refractivity contribution >= 4 is 16.0 Å². The van der Waals surface area contributed by atoms with Gasteiger partial charge in [0.2, 0.25) is 10.0 Å². The van der Waals surface area contributed by atoms with Crippen molar-refractivity contribution in [3.63, 3.8) is 0 Å². The van der Waals surface area contributed by atoms with Crippen LogP contribution in [0.1, 0.15) is 41.3 Å². The van der Waals surface area contributed by atoms with E-state index < -0.39 is 16.0 Å². The maximum atomic E-state index is 12.8. The Morgan fingerprint density at radius 2 is 1.95 bits per heavy atom. The number of nitrogens with zero attached hydrogens (tertiary/aromatic N) is 1. The molecule has 6 heteroatoms. The third kappa shape index (κ3) is 3.11. The lowest BCUT2D eigenvalue weighted by atomic mass is 10.0. The fourth-order valence-corrected chi connectivity index (χ4v) is 4.68. The number of piperidine rings is 1. The molecular formula is C15H21NO4S. The molecule has 1 aliphatic rings. The van der Waals surface area contributed by atoms with Crippen LogP contribution in [0.4, 0.5) is 0 Å². The molecule has 1 aliphatic heterocycles. The highest BCUT2D eigenvalue weighted by Gasteiger charge is 2.30.